The predicted molar refractivity (Wildman–Crippen MR) is 84.0 cm³/mol. The molecule has 3 nitrogen and oxygen atoms in total. The zero-order valence-corrected chi connectivity index (χ0v) is 12.6. The van der Waals surface area contributed by atoms with E-state index in [1.54, 1.807) is 13.0 Å². The molecule has 0 saturated heterocycles. The third-order valence-corrected chi connectivity index (χ3v) is 4.21. The molecule has 2 aromatic heterocycles. The Labute approximate surface area is 130 Å². The lowest BCUT2D eigenvalue weighted by Gasteiger charge is -2.24. The van der Waals surface area contributed by atoms with Crippen LogP contribution < -0.4 is 5.32 Å². The van der Waals surface area contributed by atoms with Crippen LogP contribution in [0.15, 0.2) is 41.2 Å². The van der Waals surface area contributed by atoms with Gasteiger partial charge in [0.1, 0.15) is 16.9 Å². The molecule has 2 heterocycles. The van der Waals surface area contributed by atoms with Crippen molar-refractivity contribution in [2.75, 3.05) is 11.9 Å². The van der Waals surface area contributed by atoms with Crippen LogP contribution in [-0.4, -0.2) is 16.6 Å². The van der Waals surface area contributed by atoms with Gasteiger partial charge in [0.15, 0.2) is 5.82 Å². The minimum atomic E-state index is -1.08. The van der Waals surface area contributed by atoms with E-state index in [1.165, 1.54) is 23.6 Å². The Morgan fingerprint density at radius 2 is 2.14 bits per heavy atom. The van der Waals surface area contributed by atoms with Crippen molar-refractivity contribution in [3.05, 3.63) is 58.4 Å². The molecule has 0 amide bonds. The van der Waals surface area contributed by atoms with Gasteiger partial charge in [0.25, 0.3) is 0 Å². The third-order valence-electron chi connectivity index (χ3n) is 3.53. The SMILES string of the molecule is CC(O)(CNc1ccnc2c(F)cc(F)cc12)c1ccsc1. The average Bonchev–Trinajstić information content (AvgIpc) is 3.00. The van der Waals surface area contributed by atoms with Gasteiger partial charge in [-0.05, 0) is 41.4 Å². The van der Waals surface area contributed by atoms with Gasteiger partial charge < -0.3 is 10.4 Å². The zero-order valence-electron chi connectivity index (χ0n) is 11.8. The minimum Gasteiger partial charge on any atom is -0.384 e. The first kappa shape index (κ1) is 14.9. The van der Waals surface area contributed by atoms with E-state index in [4.69, 9.17) is 0 Å². The van der Waals surface area contributed by atoms with Gasteiger partial charge in [-0.3, -0.25) is 4.98 Å². The molecule has 0 saturated carbocycles. The first-order valence-electron chi connectivity index (χ1n) is 6.70. The molecule has 6 heteroatoms. The highest BCUT2D eigenvalue weighted by Crippen LogP contribution is 2.27. The number of hydrogen-bond donors (Lipinski definition) is 2. The molecule has 3 rings (SSSR count). The first-order chi connectivity index (χ1) is 10.5. The molecule has 0 aliphatic heterocycles. The number of aliphatic hydroxyl groups is 1. The highest BCUT2D eigenvalue weighted by Gasteiger charge is 2.23. The maximum absolute atomic E-state index is 13.7. The summed E-state index contributed by atoms with van der Waals surface area (Å²) in [5, 5.41) is 17.6. The Bertz CT molecular complexity index is 803. The molecule has 0 aliphatic carbocycles. The van der Waals surface area contributed by atoms with Crippen molar-refractivity contribution in [1.29, 1.82) is 0 Å². The number of nitrogens with zero attached hydrogens (tertiary/aromatic N) is 1. The summed E-state index contributed by atoms with van der Waals surface area (Å²) in [6, 6.07) is 5.51. The van der Waals surface area contributed by atoms with Crippen LogP contribution >= 0.6 is 11.3 Å². The average molecular weight is 320 g/mol. The Morgan fingerprint density at radius 3 is 2.86 bits per heavy atom. The van der Waals surface area contributed by atoms with Crippen LogP contribution in [-0.2, 0) is 5.60 Å². The lowest BCUT2D eigenvalue weighted by atomic mass is 9.99. The summed E-state index contributed by atoms with van der Waals surface area (Å²) in [5.41, 5.74) is 0.336. The van der Waals surface area contributed by atoms with Crippen LogP contribution in [0.4, 0.5) is 14.5 Å². The number of fused-ring (bicyclic) bond motifs is 1. The van der Waals surface area contributed by atoms with Crippen molar-refractivity contribution in [3.8, 4) is 0 Å². The Balaban J connectivity index is 1.91. The van der Waals surface area contributed by atoms with Gasteiger partial charge in [0.05, 0.1) is 0 Å². The number of nitrogens with one attached hydrogen (secondary N) is 1. The summed E-state index contributed by atoms with van der Waals surface area (Å²) >= 11 is 1.50. The smallest absolute Gasteiger partial charge is 0.152 e. The van der Waals surface area contributed by atoms with E-state index in [1.807, 2.05) is 16.8 Å². The number of halogens is 2. The number of benzene rings is 1. The van der Waals surface area contributed by atoms with Crippen molar-refractivity contribution < 1.29 is 13.9 Å². The highest BCUT2D eigenvalue weighted by atomic mass is 32.1. The largest absolute Gasteiger partial charge is 0.384 e. The van der Waals surface area contributed by atoms with Crippen LogP contribution in [0.25, 0.3) is 10.9 Å². The molecule has 0 radical (unpaired) electrons. The zero-order chi connectivity index (χ0) is 15.7. The first-order valence-corrected chi connectivity index (χ1v) is 7.64. The van der Waals surface area contributed by atoms with E-state index in [9.17, 15) is 13.9 Å². The van der Waals surface area contributed by atoms with Gasteiger partial charge in [0, 0.05) is 29.9 Å². The van der Waals surface area contributed by atoms with Crippen molar-refractivity contribution in [1.82, 2.24) is 4.98 Å². The van der Waals surface area contributed by atoms with Gasteiger partial charge in [-0.15, -0.1) is 0 Å². The van der Waals surface area contributed by atoms with Gasteiger partial charge in [-0.25, -0.2) is 8.78 Å². The molecule has 3 aromatic rings. The molecule has 22 heavy (non-hydrogen) atoms. The van der Waals surface area contributed by atoms with Crippen LogP contribution in [0.3, 0.4) is 0 Å². The fourth-order valence-corrected chi connectivity index (χ4v) is 3.06. The van der Waals surface area contributed by atoms with Crippen molar-refractivity contribution in [3.63, 3.8) is 0 Å². The molecule has 0 aliphatic rings. The summed E-state index contributed by atoms with van der Waals surface area (Å²) in [5.74, 6) is -1.37. The number of anilines is 1. The molecule has 114 valence electrons. The molecule has 1 atom stereocenters. The Hall–Kier alpha value is -2.05. The molecular weight excluding hydrogens is 306 g/mol. The number of pyridine rings is 1. The van der Waals surface area contributed by atoms with E-state index in [0.29, 0.717) is 11.1 Å². The Kier molecular flexibility index (Phi) is 3.80. The summed E-state index contributed by atoms with van der Waals surface area (Å²) in [4.78, 5) is 3.93. The van der Waals surface area contributed by atoms with E-state index < -0.39 is 17.2 Å². The van der Waals surface area contributed by atoms with E-state index in [-0.39, 0.29) is 12.1 Å². The number of hydrogen-bond acceptors (Lipinski definition) is 4. The van der Waals surface area contributed by atoms with Crippen LogP contribution in [0.2, 0.25) is 0 Å². The molecule has 2 N–H and O–H groups in total. The number of aromatic nitrogens is 1. The highest BCUT2D eigenvalue weighted by molar-refractivity contribution is 7.08. The summed E-state index contributed by atoms with van der Waals surface area (Å²) in [7, 11) is 0. The van der Waals surface area contributed by atoms with Crippen LogP contribution in [0, 0.1) is 11.6 Å². The second kappa shape index (κ2) is 5.62. The minimum absolute atomic E-state index is 0.0987. The van der Waals surface area contributed by atoms with E-state index >= 15 is 0 Å². The molecule has 0 spiro atoms. The second-order valence-corrected chi connectivity index (χ2v) is 6.06. The van der Waals surface area contributed by atoms with Gasteiger partial charge >= 0.3 is 0 Å². The maximum atomic E-state index is 13.7. The normalized spacial score (nSPS) is 14.0. The molecular formula is C16H14F2N2OS. The monoisotopic (exact) mass is 320 g/mol. The molecule has 0 bridgehead atoms. The van der Waals surface area contributed by atoms with Gasteiger partial charge in [0.2, 0.25) is 0 Å². The number of rotatable bonds is 4. The fraction of sp³-hybridized carbons (Fsp3) is 0.188. The predicted octanol–water partition coefficient (Wildman–Crippen LogP) is 3.89. The third kappa shape index (κ3) is 2.80. The van der Waals surface area contributed by atoms with Crippen LogP contribution in [0.5, 0.6) is 0 Å². The number of thiophene rings is 1. The van der Waals surface area contributed by atoms with E-state index in [2.05, 4.69) is 10.3 Å². The molecule has 1 unspecified atom stereocenters. The molecule has 1 aromatic carbocycles. The quantitative estimate of drug-likeness (QED) is 0.766. The van der Waals surface area contributed by atoms with Crippen LogP contribution in [0.1, 0.15) is 12.5 Å². The Morgan fingerprint density at radius 1 is 1.32 bits per heavy atom. The van der Waals surface area contributed by atoms with Crippen molar-refractivity contribution in [2.45, 2.75) is 12.5 Å². The maximum Gasteiger partial charge on any atom is 0.152 e. The van der Waals surface area contributed by atoms with Crippen molar-refractivity contribution >= 4 is 27.9 Å². The topological polar surface area (TPSA) is 45.1 Å². The standard InChI is InChI=1S/C16H14F2N2OS/c1-16(21,10-3-5-22-8-10)9-20-14-2-4-19-15-12(14)6-11(17)7-13(15)18/h2-8,21H,9H2,1H3,(H,19,20). The lowest BCUT2D eigenvalue weighted by molar-refractivity contribution is 0.0720. The fourth-order valence-electron chi connectivity index (χ4n) is 2.27. The summed E-state index contributed by atoms with van der Waals surface area (Å²) in [6.07, 6.45) is 1.45. The second-order valence-electron chi connectivity index (χ2n) is 5.28. The van der Waals surface area contributed by atoms with E-state index in [0.717, 1.165) is 11.6 Å². The van der Waals surface area contributed by atoms with Crippen molar-refractivity contribution in [2.24, 2.45) is 0 Å². The molecule has 0 fully saturated rings. The lowest BCUT2D eigenvalue weighted by Crippen LogP contribution is -2.30. The summed E-state index contributed by atoms with van der Waals surface area (Å²) in [6.45, 7) is 1.90. The summed E-state index contributed by atoms with van der Waals surface area (Å²) < 4.78 is 27.2. The van der Waals surface area contributed by atoms with Gasteiger partial charge in [-0.2, -0.15) is 11.3 Å². The van der Waals surface area contributed by atoms with Gasteiger partial charge in [-0.1, -0.05) is 0 Å².